The van der Waals surface area contributed by atoms with Gasteiger partial charge in [0.2, 0.25) is 0 Å². The maximum absolute atomic E-state index is 13.7. The number of imidazole rings is 1. The lowest BCUT2D eigenvalue weighted by atomic mass is 9.98. The minimum Gasteiger partial charge on any atom is -0.444 e. The van der Waals surface area contributed by atoms with Crippen LogP contribution in [0.15, 0.2) is 30.7 Å². The molecule has 1 aliphatic heterocycles. The van der Waals surface area contributed by atoms with Gasteiger partial charge in [-0.3, -0.25) is 15.1 Å². The Kier molecular flexibility index (Phi) is 6.32. The third kappa shape index (κ3) is 5.30. The van der Waals surface area contributed by atoms with Gasteiger partial charge in [0.1, 0.15) is 28.4 Å². The zero-order valence-electron chi connectivity index (χ0n) is 18.9. The van der Waals surface area contributed by atoms with Gasteiger partial charge in [0.15, 0.2) is 11.6 Å². The Bertz CT molecular complexity index is 1140. The average molecular weight is 458 g/mol. The molecular weight excluding hydrogens is 429 g/mol. The number of fused-ring (bicyclic) bond motifs is 1. The molecule has 3 aromatic heterocycles. The highest BCUT2D eigenvalue weighted by Crippen LogP contribution is 2.25. The molecule has 4 rings (SSSR count). The van der Waals surface area contributed by atoms with Crippen LogP contribution in [0.2, 0.25) is 0 Å². The highest BCUT2D eigenvalue weighted by Gasteiger charge is 2.27. The van der Waals surface area contributed by atoms with Crippen LogP contribution >= 0.6 is 0 Å². The van der Waals surface area contributed by atoms with Crippen molar-refractivity contribution in [3.8, 4) is 11.5 Å². The van der Waals surface area contributed by atoms with Crippen molar-refractivity contribution in [2.45, 2.75) is 39.2 Å². The minimum absolute atomic E-state index is 0.182. The molecule has 0 radical (unpaired) electrons. The Morgan fingerprint density at radius 2 is 2.12 bits per heavy atom. The van der Waals surface area contributed by atoms with Gasteiger partial charge in [-0.05, 0) is 51.7 Å². The highest BCUT2D eigenvalue weighted by atomic mass is 19.1. The molecule has 33 heavy (non-hydrogen) atoms. The molecule has 176 valence electrons. The second kappa shape index (κ2) is 9.18. The van der Waals surface area contributed by atoms with Gasteiger partial charge in [-0.1, -0.05) is 0 Å². The van der Waals surface area contributed by atoms with Crippen LogP contribution in [0.4, 0.5) is 20.7 Å². The standard InChI is InChI=1S/C22H28FN7O3/c1-22(2,3)33-21(31)29-8-4-5-14(12-29)9-25-19-16(28-32)10-26-20(27-19)17-11-24-18-7-6-15(23)13-30(17)18/h6-7,10-11,13-14,28,32H,4-5,8-9,12H2,1-3H3,(H,25,26,27)/t14-/m1/s1. The largest absolute Gasteiger partial charge is 0.444 e. The number of carbonyl (C=O) groups is 1. The Balaban J connectivity index is 1.49. The van der Waals surface area contributed by atoms with Crippen molar-refractivity contribution in [3.63, 3.8) is 0 Å². The zero-order valence-corrected chi connectivity index (χ0v) is 18.9. The maximum Gasteiger partial charge on any atom is 0.410 e. The summed E-state index contributed by atoms with van der Waals surface area (Å²) in [5.41, 5.74) is 2.95. The first kappa shape index (κ1) is 22.7. The first-order valence-corrected chi connectivity index (χ1v) is 10.9. The summed E-state index contributed by atoms with van der Waals surface area (Å²) in [5.74, 6) is 0.499. The van der Waals surface area contributed by atoms with Crippen molar-refractivity contribution < 1.29 is 19.1 Å². The van der Waals surface area contributed by atoms with E-state index in [1.54, 1.807) is 21.6 Å². The summed E-state index contributed by atoms with van der Waals surface area (Å²) in [6.07, 6.45) is 5.84. The summed E-state index contributed by atoms with van der Waals surface area (Å²) in [6.45, 7) is 7.31. The molecule has 3 N–H and O–H groups in total. The van der Waals surface area contributed by atoms with Crippen LogP contribution in [0.25, 0.3) is 17.2 Å². The molecule has 1 fully saturated rings. The lowest BCUT2D eigenvalue weighted by Crippen LogP contribution is -2.44. The van der Waals surface area contributed by atoms with Gasteiger partial charge in [-0.2, -0.15) is 0 Å². The van der Waals surface area contributed by atoms with Crippen molar-refractivity contribution in [2.24, 2.45) is 5.92 Å². The van der Waals surface area contributed by atoms with E-state index in [9.17, 15) is 14.4 Å². The molecule has 1 atom stereocenters. The van der Waals surface area contributed by atoms with Gasteiger partial charge in [-0.25, -0.2) is 24.1 Å². The number of nitrogens with one attached hydrogen (secondary N) is 2. The highest BCUT2D eigenvalue weighted by molar-refractivity contribution is 5.68. The summed E-state index contributed by atoms with van der Waals surface area (Å²) in [5, 5.41) is 12.7. The summed E-state index contributed by atoms with van der Waals surface area (Å²) in [4.78, 5) is 27.2. The molecular formula is C22H28FN7O3. The van der Waals surface area contributed by atoms with Crippen LogP contribution < -0.4 is 10.8 Å². The number of nitrogens with zero attached hydrogens (tertiary/aromatic N) is 5. The van der Waals surface area contributed by atoms with E-state index in [-0.39, 0.29) is 12.0 Å². The lowest BCUT2D eigenvalue weighted by Gasteiger charge is -2.34. The van der Waals surface area contributed by atoms with E-state index in [0.29, 0.717) is 48.3 Å². The first-order chi connectivity index (χ1) is 15.7. The number of ether oxygens (including phenoxy) is 1. The van der Waals surface area contributed by atoms with Crippen LogP contribution in [0.1, 0.15) is 33.6 Å². The van der Waals surface area contributed by atoms with Crippen molar-refractivity contribution in [1.82, 2.24) is 24.3 Å². The predicted molar refractivity (Wildman–Crippen MR) is 121 cm³/mol. The number of pyridine rings is 1. The number of halogens is 1. The normalized spacial score (nSPS) is 16.6. The quantitative estimate of drug-likeness (QED) is 0.496. The van der Waals surface area contributed by atoms with Crippen LogP contribution in [0, 0.1) is 11.7 Å². The molecule has 0 aliphatic carbocycles. The molecule has 1 saturated heterocycles. The predicted octanol–water partition coefficient (Wildman–Crippen LogP) is 3.79. The fraction of sp³-hybridized carbons (Fsp3) is 0.455. The monoisotopic (exact) mass is 457 g/mol. The van der Waals surface area contributed by atoms with Gasteiger partial charge < -0.3 is 15.0 Å². The van der Waals surface area contributed by atoms with Crippen molar-refractivity contribution in [3.05, 3.63) is 36.5 Å². The number of piperidine rings is 1. The first-order valence-electron chi connectivity index (χ1n) is 10.9. The van der Waals surface area contributed by atoms with Gasteiger partial charge in [0.05, 0.1) is 12.4 Å². The summed E-state index contributed by atoms with van der Waals surface area (Å²) < 4.78 is 20.8. The van der Waals surface area contributed by atoms with Gasteiger partial charge in [0, 0.05) is 25.8 Å². The minimum atomic E-state index is -0.540. The molecule has 11 heteroatoms. The van der Waals surface area contributed by atoms with Gasteiger partial charge in [0.25, 0.3) is 0 Å². The Morgan fingerprint density at radius 3 is 2.88 bits per heavy atom. The number of amides is 1. The number of hydrogen-bond donors (Lipinski definition) is 3. The van der Waals surface area contributed by atoms with E-state index in [0.717, 1.165) is 12.8 Å². The number of rotatable bonds is 5. The van der Waals surface area contributed by atoms with Crippen molar-refractivity contribution in [1.29, 1.82) is 0 Å². The van der Waals surface area contributed by atoms with Crippen LogP contribution in [0.3, 0.4) is 0 Å². The molecule has 1 aliphatic rings. The van der Waals surface area contributed by atoms with Crippen molar-refractivity contribution >= 4 is 23.2 Å². The average Bonchev–Trinajstić information content (AvgIpc) is 3.19. The van der Waals surface area contributed by atoms with E-state index in [1.807, 2.05) is 20.8 Å². The fourth-order valence-electron chi connectivity index (χ4n) is 3.81. The number of likely N-dealkylation sites (tertiary alicyclic amines) is 1. The fourth-order valence-corrected chi connectivity index (χ4v) is 3.81. The van der Waals surface area contributed by atoms with Crippen molar-refractivity contribution in [2.75, 3.05) is 30.4 Å². The third-order valence-corrected chi connectivity index (χ3v) is 5.34. The second-order valence-electron chi connectivity index (χ2n) is 9.10. The molecule has 4 heterocycles. The Labute approximate surface area is 190 Å². The van der Waals surface area contributed by atoms with Crippen LogP contribution in [-0.2, 0) is 4.74 Å². The molecule has 0 saturated carbocycles. The molecule has 0 aromatic carbocycles. The number of carbonyl (C=O) groups excluding carboxylic acids is 1. The van der Waals surface area contributed by atoms with E-state index < -0.39 is 11.4 Å². The molecule has 10 nitrogen and oxygen atoms in total. The third-order valence-electron chi connectivity index (χ3n) is 5.34. The molecule has 0 bridgehead atoms. The Hall–Kier alpha value is -3.47. The van der Waals surface area contributed by atoms with Crippen LogP contribution in [0.5, 0.6) is 0 Å². The SMILES string of the molecule is CC(C)(C)OC(=O)N1CCC[C@H](CNc2nc(-c3cnc4ccc(F)cn34)ncc2NO)C1. The van der Waals surface area contributed by atoms with E-state index in [4.69, 9.17) is 4.74 Å². The molecule has 1 amide bonds. The number of hydrogen-bond acceptors (Lipinski definition) is 8. The number of aromatic nitrogens is 4. The van der Waals surface area contributed by atoms with Gasteiger partial charge in [-0.15, -0.1) is 0 Å². The molecule has 3 aromatic rings. The summed E-state index contributed by atoms with van der Waals surface area (Å²) in [6, 6.07) is 2.91. The molecule has 0 spiro atoms. The number of anilines is 2. The van der Waals surface area contributed by atoms with E-state index in [2.05, 4.69) is 25.7 Å². The smallest absolute Gasteiger partial charge is 0.410 e. The zero-order chi connectivity index (χ0) is 23.6. The Morgan fingerprint density at radius 1 is 1.30 bits per heavy atom. The van der Waals surface area contributed by atoms with E-state index in [1.165, 1.54) is 18.5 Å². The molecule has 0 unspecified atom stereocenters. The second-order valence-corrected chi connectivity index (χ2v) is 9.10. The maximum atomic E-state index is 13.7. The van der Waals surface area contributed by atoms with E-state index >= 15 is 0 Å². The summed E-state index contributed by atoms with van der Waals surface area (Å²) >= 11 is 0. The van der Waals surface area contributed by atoms with Gasteiger partial charge >= 0.3 is 6.09 Å². The van der Waals surface area contributed by atoms with Crippen LogP contribution in [-0.4, -0.2) is 60.8 Å². The topological polar surface area (TPSA) is 117 Å². The lowest BCUT2D eigenvalue weighted by molar-refractivity contribution is 0.0172. The summed E-state index contributed by atoms with van der Waals surface area (Å²) in [7, 11) is 0.